The first-order valence-corrected chi connectivity index (χ1v) is 6.84. The molecule has 5 heteroatoms. The summed E-state index contributed by atoms with van der Waals surface area (Å²) in [7, 11) is 0. The number of benzene rings is 1. The molecule has 0 saturated carbocycles. The number of aromatic nitrogens is 3. The van der Waals surface area contributed by atoms with Crippen LogP contribution in [0.15, 0.2) is 53.8 Å². The molecular formula is C14H12FN3S. The van der Waals surface area contributed by atoms with E-state index in [0.29, 0.717) is 0 Å². The molecule has 0 radical (unpaired) electrons. The summed E-state index contributed by atoms with van der Waals surface area (Å²) in [6.07, 6.45) is 1.94. The maximum Gasteiger partial charge on any atom is 0.196 e. The van der Waals surface area contributed by atoms with Gasteiger partial charge >= 0.3 is 0 Å². The van der Waals surface area contributed by atoms with Gasteiger partial charge in [-0.1, -0.05) is 30.0 Å². The summed E-state index contributed by atoms with van der Waals surface area (Å²) in [6, 6.07) is 12.4. The molecule has 0 unspecified atom stereocenters. The molecule has 1 atom stereocenters. The smallest absolute Gasteiger partial charge is 0.196 e. The standard InChI is InChI=1S/C14H12FN3S/c1-10(11-5-7-12(15)8-6-11)19-14-17-16-13-4-2-3-9-18(13)14/h2-10H,1H3/t10-/m0/s1. The van der Waals surface area contributed by atoms with Crippen molar-refractivity contribution in [2.24, 2.45) is 0 Å². The van der Waals surface area contributed by atoms with E-state index in [9.17, 15) is 4.39 Å². The van der Waals surface area contributed by atoms with Gasteiger partial charge in [-0.15, -0.1) is 10.2 Å². The molecule has 0 aliphatic heterocycles. The molecule has 96 valence electrons. The van der Waals surface area contributed by atoms with Crippen LogP contribution in [0.2, 0.25) is 0 Å². The van der Waals surface area contributed by atoms with Crippen LogP contribution >= 0.6 is 11.8 Å². The molecule has 3 nitrogen and oxygen atoms in total. The highest BCUT2D eigenvalue weighted by molar-refractivity contribution is 7.99. The lowest BCUT2D eigenvalue weighted by Crippen LogP contribution is -1.92. The summed E-state index contributed by atoms with van der Waals surface area (Å²) < 4.78 is 14.9. The first-order chi connectivity index (χ1) is 9.24. The van der Waals surface area contributed by atoms with Crippen LogP contribution in [0.3, 0.4) is 0 Å². The lowest BCUT2D eigenvalue weighted by Gasteiger charge is -2.09. The average molecular weight is 273 g/mol. The van der Waals surface area contributed by atoms with E-state index in [-0.39, 0.29) is 11.1 Å². The Bertz CT molecular complexity index is 693. The molecule has 0 aliphatic carbocycles. The zero-order chi connectivity index (χ0) is 13.2. The van der Waals surface area contributed by atoms with Gasteiger partial charge < -0.3 is 0 Å². The minimum Gasteiger partial charge on any atom is -0.277 e. The fourth-order valence-corrected chi connectivity index (χ4v) is 2.83. The molecule has 3 rings (SSSR count). The number of nitrogens with zero attached hydrogens (tertiary/aromatic N) is 3. The number of halogens is 1. The molecule has 3 aromatic rings. The zero-order valence-corrected chi connectivity index (χ0v) is 11.1. The topological polar surface area (TPSA) is 30.2 Å². The van der Waals surface area contributed by atoms with Crippen molar-refractivity contribution in [3.63, 3.8) is 0 Å². The van der Waals surface area contributed by atoms with Crippen LogP contribution in [0.25, 0.3) is 5.65 Å². The van der Waals surface area contributed by atoms with Gasteiger partial charge in [0.2, 0.25) is 0 Å². The minimum absolute atomic E-state index is 0.188. The van der Waals surface area contributed by atoms with Gasteiger partial charge in [0.1, 0.15) is 5.82 Å². The number of rotatable bonds is 3. The molecule has 19 heavy (non-hydrogen) atoms. The third-order valence-electron chi connectivity index (χ3n) is 2.90. The SMILES string of the molecule is C[C@H](Sc1nnc2ccccn12)c1ccc(F)cc1. The Morgan fingerprint density at radius 3 is 2.68 bits per heavy atom. The largest absolute Gasteiger partial charge is 0.277 e. The van der Waals surface area contributed by atoms with Crippen LogP contribution in [0, 0.1) is 5.82 Å². The van der Waals surface area contributed by atoms with Crippen LogP contribution in [0.4, 0.5) is 4.39 Å². The van der Waals surface area contributed by atoms with Crippen molar-refractivity contribution in [3.8, 4) is 0 Å². The molecule has 0 fully saturated rings. The van der Waals surface area contributed by atoms with Crippen molar-refractivity contribution in [1.82, 2.24) is 14.6 Å². The number of thioether (sulfide) groups is 1. The van der Waals surface area contributed by atoms with Crippen molar-refractivity contribution in [1.29, 1.82) is 0 Å². The summed E-state index contributed by atoms with van der Waals surface area (Å²) in [6.45, 7) is 2.07. The van der Waals surface area contributed by atoms with Crippen LogP contribution in [-0.4, -0.2) is 14.6 Å². The van der Waals surface area contributed by atoms with E-state index >= 15 is 0 Å². The number of hydrogen-bond donors (Lipinski definition) is 0. The van der Waals surface area contributed by atoms with Crippen molar-refractivity contribution in [2.45, 2.75) is 17.3 Å². The van der Waals surface area contributed by atoms with E-state index in [1.54, 1.807) is 23.9 Å². The van der Waals surface area contributed by atoms with Gasteiger partial charge in [0, 0.05) is 11.4 Å². The minimum atomic E-state index is -0.214. The Morgan fingerprint density at radius 1 is 1.11 bits per heavy atom. The van der Waals surface area contributed by atoms with Gasteiger partial charge in [-0.05, 0) is 36.8 Å². The molecule has 2 aromatic heterocycles. The first kappa shape index (κ1) is 12.2. The molecule has 0 bridgehead atoms. The summed E-state index contributed by atoms with van der Waals surface area (Å²) in [5.74, 6) is -0.214. The fourth-order valence-electron chi connectivity index (χ4n) is 1.86. The van der Waals surface area contributed by atoms with Gasteiger partial charge in [-0.3, -0.25) is 4.40 Å². The molecule has 0 aliphatic rings. The Labute approximate surface area is 114 Å². The molecule has 0 amide bonds. The van der Waals surface area contributed by atoms with Gasteiger partial charge in [0.15, 0.2) is 10.8 Å². The van der Waals surface area contributed by atoms with E-state index in [4.69, 9.17) is 0 Å². The lowest BCUT2D eigenvalue weighted by molar-refractivity contribution is 0.627. The second kappa shape index (κ2) is 5.01. The summed E-state index contributed by atoms with van der Waals surface area (Å²) >= 11 is 1.61. The van der Waals surface area contributed by atoms with E-state index in [1.807, 2.05) is 28.8 Å². The normalized spacial score (nSPS) is 12.7. The quantitative estimate of drug-likeness (QED) is 0.681. The zero-order valence-electron chi connectivity index (χ0n) is 10.3. The van der Waals surface area contributed by atoms with Crippen LogP contribution in [0.1, 0.15) is 17.7 Å². The van der Waals surface area contributed by atoms with Crippen molar-refractivity contribution >= 4 is 17.4 Å². The highest BCUT2D eigenvalue weighted by Crippen LogP contribution is 2.33. The lowest BCUT2D eigenvalue weighted by atomic mass is 10.2. The summed E-state index contributed by atoms with van der Waals surface area (Å²) in [5, 5.41) is 9.32. The maximum atomic E-state index is 12.9. The Balaban J connectivity index is 1.86. The van der Waals surface area contributed by atoms with Gasteiger partial charge in [-0.2, -0.15) is 0 Å². The maximum absolute atomic E-state index is 12.9. The van der Waals surface area contributed by atoms with Gasteiger partial charge in [0.05, 0.1) is 0 Å². The van der Waals surface area contributed by atoms with E-state index in [2.05, 4.69) is 17.1 Å². The molecule has 0 N–H and O–H groups in total. The molecule has 0 spiro atoms. The molecule has 2 heterocycles. The van der Waals surface area contributed by atoms with Crippen molar-refractivity contribution in [2.75, 3.05) is 0 Å². The third kappa shape index (κ3) is 2.46. The van der Waals surface area contributed by atoms with Gasteiger partial charge in [-0.25, -0.2) is 4.39 Å². The Kier molecular flexibility index (Phi) is 3.21. The second-order valence-electron chi connectivity index (χ2n) is 4.22. The first-order valence-electron chi connectivity index (χ1n) is 5.96. The van der Waals surface area contributed by atoms with Crippen molar-refractivity contribution < 1.29 is 4.39 Å². The highest BCUT2D eigenvalue weighted by atomic mass is 32.2. The monoisotopic (exact) mass is 273 g/mol. The summed E-state index contributed by atoms with van der Waals surface area (Å²) in [5.41, 5.74) is 1.90. The number of pyridine rings is 1. The third-order valence-corrected chi connectivity index (χ3v) is 4.02. The molecular weight excluding hydrogens is 261 g/mol. The predicted octanol–water partition coefficient (Wildman–Crippen LogP) is 3.72. The van der Waals surface area contributed by atoms with E-state index < -0.39 is 0 Å². The fraction of sp³-hybridized carbons (Fsp3) is 0.143. The number of hydrogen-bond acceptors (Lipinski definition) is 3. The van der Waals surface area contributed by atoms with E-state index in [0.717, 1.165) is 16.4 Å². The predicted molar refractivity (Wildman–Crippen MR) is 73.7 cm³/mol. The van der Waals surface area contributed by atoms with Crippen molar-refractivity contribution in [3.05, 3.63) is 60.0 Å². The molecule has 1 aromatic carbocycles. The summed E-state index contributed by atoms with van der Waals surface area (Å²) in [4.78, 5) is 0. The Morgan fingerprint density at radius 2 is 1.89 bits per heavy atom. The van der Waals surface area contributed by atoms with Crippen LogP contribution in [-0.2, 0) is 0 Å². The second-order valence-corrected chi connectivity index (χ2v) is 5.53. The average Bonchev–Trinajstić information content (AvgIpc) is 2.83. The Hall–Kier alpha value is -1.88. The number of fused-ring (bicyclic) bond motifs is 1. The highest BCUT2D eigenvalue weighted by Gasteiger charge is 2.12. The van der Waals surface area contributed by atoms with Crippen LogP contribution in [0.5, 0.6) is 0 Å². The molecule has 0 saturated heterocycles. The van der Waals surface area contributed by atoms with Crippen LogP contribution < -0.4 is 0 Å². The van der Waals surface area contributed by atoms with E-state index in [1.165, 1.54) is 12.1 Å². The van der Waals surface area contributed by atoms with Gasteiger partial charge in [0.25, 0.3) is 0 Å².